The normalized spacial score (nSPS) is 12.4. The number of hydrogen-bond acceptors (Lipinski definition) is 5. The highest BCUT2D eigenvalue weighted by atomic mass is 28.4. The van der Waals surface area contributed by atoms with Gasteiger partial charge >= 0.3 is 20.5 Å². The Morgan fingerprint density at radius 3 is 1.64 bits per heavy atom. The van der Waals surface area contributed by atoms with Crippen LogP contribution in [-0.4, -0.2) is 46.3 Å². The quantitative estimate of drug-likeness (QED) is 0.370. The van der Waals surface area contributed by atoms with E-state index in [9.17, 15) is 9.59 Å². The molecule has 0 amide bonds. The standard InChI is InChI=1S/C4H7NO4.C2H8O2Si/c5-2(4(8)9)1-3(6)7;1-5(2,3)4/h2H,1,5H2,(H,6,7)(H,8,9);3-4H,1-2H3. The van der Waals surface area contributed by atoms with Gasteiger partial charge in [-0.25, -0.2) is 0 Å². The Labute approximate surface area is 82.0 Å². The number of carbonyl (C=O) groups is 2. The molecule has 0 saturated heterocycles. The zero-order chi connectivity index (χ0) is 11.9. The third-order valence-corrected chi connectivity index (χ3v) is 0.712. The Hall–Kier alpha value is -0.963. The third-order valence-electron chi connectivity index (χ3n) is 0.712. The van der Waals surface area contributed by atoms with E-state index in [0.29, 0.717) is 0 Å². The lowest BCUT2D eigenvalue weighted by Gasteiger charge is -1.99. The van der Waals surface area contributed by atoms with Crippen molar-refractivity contribution in [1.29, 1.82) is 0 Å². The highest BCUT2D eigenvalue weighted by Gasteiger charge is 2.14. The highest BCUT2D eigenvalue weighted by molar-refractivity contribution is 6.61. The molecular weight excluding hydrogens is 210 g/mol. The van der Waals surface area contributed by atoms with Crippen LogP contribution in [0.1, 0.15) is 6.42 Å². The zero-order valence-corrected chi connectivity index (χ0v) is 8.97. The van der Waals surface area contributed by atoms with Crippen molar-refractivity contribution in [1.82, 2.24) is 0 Å². The van der Waals surface area contributed by atoms with E-state index in [1.807, 2.05) is 0 Å². The summed E-state index contributed by atoms with van der Waals surface area (Å²) in [6.07, 6.45) is -0.532. The second-order valence-corrected chi connectivity index (χ2v) is 6.03. The third kappa shape index (κ3) is 22.5. The second kappa shape index (κ2) is 6.48. The average molecular weight is 225 g/mol. The van der Waals surface area contributed by atoms with Crippen molar-refractivity contribution in [3.05, 3.63) is 0 Å². The fourth-order valence-corrected chi connectivity index (χ4v) is 0.275. The van der Waals surface area contributed by atoms with E-state index in [-0.39, 0.29) is 0 Å². The summed E-state index contributed by atoms with van der Waals surface area (Å²) in [7, 11) is -2.61. The number of hydrogen-bond donors (Lipinski definition) is 5. The van der Waals surface area contributed by atoms with E-state index in [1.54, 1.807) is 0 Å². The molecule has 0 rings (SSSR count). The maximum Gasteiger partial charge on any atom is 0.326 e. The van der Waals surface area contributed by atoms with Crippen molar-refractivity contribution in [3.8, 4) is 0 Å². The first-order valence-electron chi connectivity index (χ1n) is 3.69. The van der Waals surface area contributed by atoms with Crippen LogP contribution in [0.3, 0.4) is 0 Å². The van der Waals surface area contributed by atoms with Gasteiger partial charge in [-0.3, -0.25) is 9.59 Å². The van der Waals surface area contributed by atoms with Gasteiger partial charge in [0.25, 0.3) is 0 Å². The van der Waals surface area contributed by atoms with Crippen LogP contribution < -0.4 is 5.73 Å². The number of rotatable bonds is 3. The fraction of sp³-hybridized carbons (Fsp3) is 0.667. The number of nitrogens with two attached hydrogens (primary N) is 1. The molecule has 0 bridgehead atoms. The van der Waals surface area contributed by atoms with E-state index in [2.05, 4.69) is 0 Å². The largest absolute Gasteiger partial charge is 0.481 e. The molecule has 14 heavy (non-hydrogen) atoms. The molecule has 0 aliphatic heterocycles. The maximum absolute atomic E-state index is 9.85. The van der Waals surface area contributed by atoms with Crippen molar-refractivity contribution in [3.63, 3.8) is 0 Å². The average Bonchev–Trinajstić information content (AvgIpc) is 1.80. The van der Waals surface area contributed by atoms with Gasteiger partial charge in [-0.15, -0.1) is 0 Å². The molecule has 0 fully saturated rings. The molecule has 0 saturated carbocycles. The minimum Gasteiger partial charge on any atom is -0.481 e. The summed E-state index contributed by atoms with van der Waals surface area (Å²) in [5, 5.41) is 16.0. The predicted octanol–water partition coefficient (Wildman–Crippen LogP) is -1.45. The van der Waals surface area contributed by atoms with Gasteiger partial charge in [0.15, 0.2) is 0 Å². The van der Waals surface area contributed by atoms with Crippen molar-refractivity contribution in [2.45, 2.75) is 25.6 Å². The van der Waals surface area contributed by atoms with Crippen LogP contribution in [-0.2, 0) is 9.59 Å². The van der Waals surface area contributed by atoms with Gasteiger partial charge in [-0.05, 0) is 13.1 Å². The molecule has 7 nitrogen and oxygen atoms in total. The lowest BCUT2D eigenvalue weighted by Crippen LogP contribution is -2.32. The van der Waals surface area contributed by atoms with Crippen LogP contribution in [0.25, 0.3) is 0 Å². The van der Waals surface area contributed by atoms with Gasteiger partial charge in [-0.2, -0.15) is 0 Å². The highest BCUT2D eigenvalue weighted by Crippen LogP contribution is 1.86. The molecule has 8 heteroatoms. The zero-order valence-electron chi connectivity index (χ0n) is 7.97. The minimum absolute atomic E-state index is 0.532. The molecular formula is C6H15NO6Si. The van der Waals surface area contributed by atoms with Crippen LogP contribution in [0.15, 0.2) is 0 Å². The molecule has 0 aromatic heterocycles. The molecule has 0 radical (unpaired) electrons. The fourth-order valence-electron chi connectivity index (χ4n) is 0.275. The molecule has 84 valence electrons. The predicted molar refractivity (Wildman–Crippen MR) is 49.8 cm³/mol. The van der Waals surface area contributed by atoms with E-state index in [1.165, 1.54) is 13.1 Å². The Kier molecular flexibility index (Phi) is 7.18. The molecule has 0 heterocycles. The minimum atomic E-state index is -2.61. The molecule has 0 aliphatic rings. The summed E-state index contributed by atoms with van der Waals surface area (Å²) >= 11 is 0. The number of carboxylic acid groups (broad SMARTS) is 2. The Morgan fingerprint density at radius 2 is 1.57 bits per heavy atom. The summed E-state index contributed by atoms with van der Waals surface area (Å²) in [6.45, 7) is 2.88. The van der Waals surface area contributed by atoms with Crippen LogP contribution >= 0.6 is 0 Å². The van der Waals surface area contributed by atoms with Crippen LogP contribution in [0.5, 0.6) is 0 Å². The topological polar surface area (TPSA) is 141 Å². The summed E-state index contributed by atoms with van der Waals surface area (Å²) < 4.78 is 0. The van der Waals surface area contributed by atoms with Gasteiger partial charge in [-0.1, -0.05) is 0 Å². The Bertz CT molecular complexity index is 195. The van der Waals surface area contributed by atoms with Crippen molar-refractivity contribution < 1.29 is 29.4 Å². The van der Waals surface area contributed by atoms with Gasteiger partial charge < -0.3 is 25.5 Å². The van der Waals surface area contributed by atoms with Gasteiger partial charge in [0.2, 0.25) is 0 Å². The van der Waals surface area contributed by atoms with E-state index >= 15 is 0 Å². The van der Waals surface area contributed by atoms with Gasteiger partial charge in [0.1, 0.15) is 6.04 Å². The molecule has 0 aliphatic carbocycles. The SMILES string of the molecule is C[Si](C)(O)O.NC(CC(=O)O)C(=O)O. The molecule has 0 aromatic rings. The van der Waals surface area contributed by atoms with Crippen molar-refractivity contribution in [2.75, 3.05) is 0 Å². The summed E-state index contributed by atoms with van der Waals surface area (Å²) in [5.74, 6) is -2.50. The second-order valence-electron chi connectivity index (χ2n) is 3.04. The summed E-state index contributed by atoms with van der Waals surface area (Å²) in [6, 6.07) is -1.29. The smallest absolute Gasteiger partial charge is 0.326 e. The van der Waals surface area contributed by atoms with E-state index in [0.717, 1.165) is 0 Å². The number of aliphatic carboxylic acids is 2. The van der Waals surface area contributed by atoms with Crippen LogP contribution in [0.2, 0.25) is 13.1 Å². The maximum atomic E-state index is 9.85. The molecule has 6 N–H and O–H groups in total. The van der Waals surface area contributed by atoms with Crippen molar-refractivity contribution in [2.24, 2.45) is 5.73 Å². The Morgan fingerprint density at radius 1 is 1.29 bits per heavy atom. The van der Waals surface area contributed by atoms with E-state index in [4.69, 9.17) is 25.5 Å². The van der Waals surface area contributed by atoms with Crippen LogP contribution in [0, 0.1) is 0 Å². The molecule has 1 atom stereocenters. The molecule has 0 spiro atoms. The van der Waals surface area contributed by atoms with E-state index < -0.39 is 33.0 Å². The monoisotopic (exact) mass is 225 g/mol. The number of carboxylic acids is 2. The van der Waals surface area contributed by atoms with Crippen LogP contribution in [0.4, 0.5) is 0 Å². The Balaban J connectivity index is 0. The first-order chi connectivity index (χ1) is 6.04. The van der Waals surface area contributed by atoms with Gasteiger partial charge in [0.05, 0.1) is 6.42 Å². The molecule has 0 aromatic carbocycles. The van der Waals surface area contributed by atoms with Gasteiger partial charge in [0, 0.05) is 0 Å². The van der Waals surface area contributed by atoms with Crippen molar-refractivity contribution >= 4 is 20.5 Å². The summed E-state index contributed by atoms with van der Waals surface area (Å²) in [5.41, 5.74) is 4.84. The summed E-state index contributed by atoms with van der Waals surface area (Å²) in [4.78, 5) is 36.0. The lowest BCUT2D eigenvalue weighted by molar-refractivity contribution is -0.144. The first-order valence-corrected chi connectivity index (χ1v) is 6.58. The first kappa shape index (κ1) is 15.5. The lowest BCUT2D eigenvalue weighted by atomic mass is 10.2. The molecule has 1 unspecified atom stereocenters.